The van der Waals surface area contributed by atoms with Crippen LogP contribution in [0, 0.1) is 21.4 Å². The van der Waals surface area contributed by atoms with Crippen molar-refractivity contribution in [3.63, 3.8) is 0 Å². The molecule has 0 saturated carbocycles. The average molecular weight is 260 g/mol. The molecule has 0 radical (unpaired) electrons. The molecule has 2 heterocycles. The lowest BCUT2D eigenvalue weighted by molar-refractivity contribution is -0.385. The molecular weight excluding hydrogens is 244 g/mol. The molecule has 6 heteroatoms. The van der Waals surface area contributed by atoms with Crippen LogP contribution in [0.4, 0.5) is 11.5 Å². The van der Waals surface area contributed by atoms with Gasteiger partial charge >= 0.3 is 5.69 Å². The maximum absolute atomic E-state index is 10.8. The topological polar surface area (TPSA) is 83.1 Å². The van der Waals surface area contributed by atoms with Crippen molar-refractivity contribution in [2.75, 3.05) is 18.0 Å². The van der Waals surface area contributed by atoms with Crippen LogP contribution in [0.2, 0.25) is 0 Å². The van der Waals surface area contributed by atoms with E-state index in [0.29, 0.717) is 5.82 Å². The molecule has 0 aromatic carbocycles. The first kappa shape index (κ1) is 13.3. The molecule has 100 valence electrons. The molecule has 0 spiro atoms. The molecular formula is C13H16N4O2. The van der Waals surface area contributed by atoms with Gasteiger partial charge in [-0.1, -0.05) is 19.3 Å². The second-order valence-electron chi connectivity index (χ2n) is 4.66. The summed E-state index contributed by atoms with van der Waals surface area (Å²) in [7, 11) is 0. The van der Waals surface area contributed by atoms with E-state index in [0.717, 1.165) is 25.9 Å². The van der Waals surface area contributed by atoms with Gasteiger partial charge in [-0.15, -0.1) is 0 Å². The largest absolute Gasteiger partial charge is 0.357 e. The van der Waals surface area contributed by atoms with Crippen LogP contribution in [0.5, 0.6) is 0 Å². The molecule has 1 aliphatic rings. The van der Waals surface area contributed by atoms with Crippen LogP contribution < -0.4 is 4.90 Å². The Morgan fingerprint density at radius 1 is 1.21 bits per heavy atom. The smallest absolute Gasteiger partial charge is 0.305 e. The van der Waals surface area contributed by atoms with Gasteiger partial charge < -0.3 is 4.90 Å². The highest BCUT2D eigenvalue weighted by Gasteiger charge is 2.18. The Labute approximate surface area is 111 Å². The summed E-state index contributed by atoms with van der Waals surface area (Å²) < 4.78 is 0. The van der Waals surface area contributed by atoms with Crippen LogP contribution in [0.15, 0.2) is 12.1 Å². The summed E-state index contributed by atoms with van der Waals surface area (Å²) in [5.74, 6) is 0.670. The zero-order chi connectivity index (χ0) is 13.7. The van der Waals surface area contributed by atoms with Crippen molar-refractivity contribution >= 4 is 11.5 Å². The normalized spacial score (nSPS) is 16.3. The van der Waals surface area contributed by atoms with Crippen molar-refractivity contribution in [2.24, 2.45) is 0 Å². The van der Waals surface area contributed by atoms with E-state index in [1.165, 1.54) is 25.3 Å². The van der Waals surface area contributed by atoms with Crippen molar-refractivity contribution in [3.05, 3.63) is 27.9 Å². The van der Waals surface area contributed by atoms with Crippen LogP contribution >= 0.6 is 0 Å². The van der Waals surface area contributed by atoms with E-state index in [4.69, 9.17) is 5.26 Å². The zero-order valence-corrected chi connectivity index (χ0v) is 10.7. The monoisotopic (exact) mass is 260 g/mol. The lowest BCUT2D eigenvalue weighted by Gasteiger charge is -2.25. The van der Waals surface area contributed by atoms with E-state index in [-0.39, 0.29) is 11.4 Å². The first-order chi connectivity index (χ1) is 9.22. The number of hydrogen-bond donors (Lipinski definition) is 0. The second-order valence-corrected chi connectivity index (χ2v) is 4.66. The first-order valence-corrected chi connectivity index (χ1v) is 6.53. The van der Waals surface area contributed by atoms with Crippen LogP contribution in [-0.4, -0.2) is 23.0 Å². The van der Waals surface area contributed by atoms with E-state index in [1.807, 2.05) is 0 Å². The SMILES string of the molecule is N#Cc1nc(N2CCCCCCC2)ccc1[N+](=O)[O-]. The summed E-state index contributed by atoms with van der Waals surface area (Å²) in [5, 5.41) is 19.7. The molecule has 1 fully saturated rings. The number of nitro groups is 1. The van der Waals surface area contributed by atoms with E-state index < -0.39 is 4.92 Å². The fraction of sp³-hybridized carbons (Fsp3) is 0.538. The molecule has 1 aromatic heterocycles. The van der Waals surface area contributed by atoms with Crippen molar-refractivity contribution in [1.29, 1.82) is 5.26 Å². The number of nitrogens with zero attached hydrogens (tertiary/aromatic N) is 4. The summed E-state index contributed by atoms with van der Waals surface area (Å²) in [6, 6.07) is 4.82. The van der Waals surface area contributed by atoms with Gasteiger partial charge in [-0.2, -0.15) is 5.26 Å². The summed E-state index contributed by atoms with van der Waals surface area (Å²) in [5.41, 5.74) is -0.331. The molecule has 6 nitrogen and oxygen atoms in total. The minimum Gasteiger partial charge on any atom is -0.357 e. The Kier molecular flexibility index (Phi) is 4.29. The summed E-state index contributed by atoms with van der Waals surface area (Å²) >= 11 is 0. The third-order valence-electron chi connectivity index (χ3n) is 3.34. The van der Waals surface area contributed by atoms with Gasteiger partial charge in [0.15, 0.2) is 0 Å². The molecule has 19 heavy (non-hydrogen) atoms. The van der Waals surface area contributed by atoms with Crippen LogP contribution in [-0.2, 0) is 0 Å². The molecule has 0 atom stereocenters. The third kappa shape index (κ3) is 3.19. The molecule has 1 aromatic rings. The molecule has 0 bridgehead atoms. The Hall–Kier alpha value is -2.16. The number of aromatic nitrogens is 1. The Morgan fingerprint density at radius 2 is 1.84 bits per heavy atom. The average Bonchev–Trinajstić information content (AvgIpc) is 2.37. The van der Waals surface area contributed by atoms with Crippen molar-refractivity contribution in [3.8, 4) is 6.07 Å². The van der Waals surface area contributed by atoms with E-state index >= 15 is 0 Å². The van der Waals surface area contributed by atoms with Crippen molar-refractivity contribution in [2.45, 2.75) is 32.1 Å². The minimum absolute atomic E-state index is 0.107. The number of anilines is 1. The molecule has 0 N–H and O–H groups in total. The standard InChI is InChI=1S/C13H16N4O2/c14-10-11-12(17(18)19)6-7-13(15-11)16-8-4-2-1-3-5-9-16/h6-7H,1-5,8-9H2. The summed E-state index contributed by atoms with van der Waals surface area (Å²) in [4.78, 5) is 16.4. The molecule has 0 amide bonds. The molecule has 2 rings (SSSR count). The van der Waals surface area contributed by atoms with Gasteiger partial charge in [-0.25, -0.2) is 4.98 Å². The van der Waals surface area contributed by atoms with Crippen molar-refractivity contribution in [1.82, 2.24) is 4.98 Å². The predicted octanol–water partition coefficient (Wildman–Crippen LogP) is 2.63. The van der Waals surface area contributed by atoms with Gasteiger partial charge in [-0.3, -0.25) is 10.1 Å². The number of rotatable bonds is 2. The third-order valence-corrected chi connectivity index (χ3v) is 3.34. The highest BCUT2D eigenvalue weighted by Crippen LogP contribution is 2.22. The molecule has 1 saturated heterocycles. The summed E-state index contributed by atoms with van der Waals surface area (Å²) in [6.07, 6.45) is 5.87. The van der Waals surface area contributed by atoms with Gasteiger partial charge in [0.1, 0.15) is 11.9 Å². The maximum atomic E-state index is 10.8. The van der Waals surface area contributed by atoms with Gasteiger partial charge in [0.05, 0.1) is 4.92 Å². The van der Waals surface area contributed by atoms with Crippen LogP contribution in [0.1, 0.15) is 37.8 Å². The van der Waals surface area contributed by atoms with Crippen LogP contribution in [0.3, 0.4) is 0 Å². The highest BCUT2D eigenvalue weighted by molar-refractivity contribution is 5.51. The number of hydrogen-bond acceptors (Lipinski definition) is 5. The van der Waals surface area contributed by atoms with E-state index in [9.17, 15) is 10.1 Å². The molecule has 1 aliphatic heterocycles. The fourth-order valence-corrected chi connectivity index (χ4v) is 2.32. The Bertz CT molecular complexity index is 502. The predicted molar refractivity (Wildman–Crippen MR) is 70.9 cm³/mol. The van der Waals surface area contributed by atoms with Crippen molar-refractivity contribution < 1.29 is 4.92 Å². The van der Waals surface area contributed by atoms with E-state index in [1.54, 1.807) is 12.1 Å². The maximum Gasteiger partial charge on any atom is 0.305 e. The van der Waals surface area contributed by atoms with Gasteiger partial charge in [0.2, 0.25) is 5.69 Å². The van der Waals surface area contributed by atoms with Crippen LogP contribution in [0.25, 0.3) is 0 Å². The second kappa shape index (κ2) is 6.14. The van der Waals surface area contributed by atoms with Gasteiger partial charge in [0.25, 0.3) is 0 Å². The summed E-state index contributed by atoms with van der Waals surface area (Å²) in [6.45, 7) is 1.80. The van der Waals surface area contributed by atoms with Gasteiger partial charge in [-0.05, 0) is 18.9 Å². The zero-order valence-electron chi connectivity index (χ0n) is 10.7. The first-order valence-electron chi connectivity index (χ1n) is 6.53. The van der Waals surface area contributed by atoms with Gasteiger partial charge in [0, 0.05) is 19.2 Å². The number of nitriles is 1. The number of pyridine rings is 1. The fourth-order valence-electron chi connectivity index (χ4n) is 2.32. The Balaban J connectivity index is 2.24. The Morgan fingerprint density at radius 3 is 2.42 bits per heavy atom. The minimum atomic E-state index is -0.567. The lowest BCUT2D eigenvalue weighted by atomic mass is 10.1. The molecule has 0 unspecified atom stereocenters. The van der Waals surface area contributed by atoms with E-state index in [2.05, 4.69) is 9.88 Å². The highest BCUT2D eigenvalue weighted by atomic mass is 16.6. The molecule has 0 aliphatic carbocycles. The lowest BCUT2D eigenvalue weighted by Crippen LogP contribution is -2.28. The quantitative estimate of drug-likeness (QED) is 0.603.